The standard InChI is InChI=1S/C14H13BrO2/c15-12-5-6-17-14(12)13(16)11-7-9-3-1-2-4-10(9)8-11/h1-6,11,13,16H,7-8H2. The van der Waals surface area contributed by atoms with Gasteiger partial charge in [0.15, 0.2) is 0 Å². The minimum absolute atomic E-state index is 0.217. The fourth-order valence-corrected chi connectivity index (χ4v) is 2.98. The van der Waals surface area contributed by atoms with Gasteiger partial charge in [-0.1, -0.05) is 24.3 Å². The van der Waals surface area contributed by atoms with Crippen molar-refractivity contribution in [1.29, 1.82) is 0 Å². The minimum atomic E-state index is -0.535. The quantitative estimate of drug-likeness (QED) is 0.919. The van der Waals surface area contributed by atoms with Crippen LogP contribution < -0.4 is 0 Å². The van der Waals surface area contributed by atoms with Crippen molar-refractivity contribution in [2.24, 2.45) is 5.92 Å². The Morgan fingerprint density at radius 1 is 1.18 bits per heavy atom. The number of rotatable bonds is 2. The second-order valence-corrected chi connectivity index (χ2v) is 5.37. The van der Waals surface area contributed by atoms with Gasteiger partial charge < -0.3 is 9.52 Å². The lowest BCUT2D eigenvalue weighted by molar-refractivity contribution is 0.0895. The van der Waals surface area contributed by atoms with Gasteiger partial charge in [0.25, 0.3) is 0 Å². The summed E-state index contributed by atoms with van der Waals surface area (Å²) in [6, 6.07) is 10.2. The predicted octanol–water partition coefficient (Wildman–Crippen LogP) is 3.49. The number of hydrogen-bond donors (Lipinski definition) is 1. The van der Waals surface area contributed by atoms with Crippen LogP contribution in [-0.2, 0) is 12.8 Å². The highest BCUT2D eigenvalue weighted by Gasteiger charge is 2.30. The van der Waals surface area contributed by atoms with Gasteiger partial charge in [0.2, 0.25) is 0 Å². The maximum atomic E-state index is 10.3. The molecule has 1 aromatic heterocycles. The fourth-order valence-electron chi connectivity index (χ4n) is 2.55. The van der Waals surface area contributed by atoms with Crippen molar-refractivity contribution < 1.29 is 9.52 Å². The van der Waals surface area contributed by atoms with E-state index in [0.717, 1.165) is 17.3 Å². The average Bonchev–Trinajstić information content (AvgIpc) is 2.93. The summed E-state index contributed by atoms with van der Waals surface area (Å²) in [4.78, 5) is 0. The summed E-state index contributed by atoms with van der Waals surface area (Å²) in [5.74, 6) is 0.859. The molecule has 1 heterocycles. The van der Waals surface area contributed by atoms with E-state index in [2.05, 4.69) is 40.2 Å². The summed E-state index contributed by atoms with van der Waals surface area (Å²) >= 11 is 3.40. The second-order valence-electron chi connectivity index (χ2n) is 4.51. The van der Waals surface area contributed by atoms with E-state index in [-0.39, 0.29) is 5.92 Å². The molecule has 0 aliphatic heterocycles. The first-order valence-corrected chi connectivity index (χ1v) is 6.52. The van der Waals surface area contributed by atoms with E-state index in [1.807, 2.05) is 6.07 Å². The normalized spacial score (nSPS) is 17.1. The molecule has 1 aliphatic carbocycles. The molecule has 3 heteroatoms. The molecule has 1 aromatic carbocycles. The van der Waals surface area contributed by atoms with Crippen molar-refractivity contribution in [2.45, 2.75) is 18.9 Å². The summed E-state index contributed by atoms with van der Waals surface area (Å²) in [6.45, 7) is 0. The van der Waals surface area contributed by atoms with E-state index in [0.29, 0.717) is 5.76 Å². The van der Waals surface area contributed by atoms with Gasteiger partial charge in [0.1, 0.15) is 11.9 Å². The molecule has 1 aliphatic rings. The van der Waals surface area contributed by atoms with Crippen LogP contribution in [0.15, 0.2) is 45.5 Å². The third-order valence-electron chi connectivity index (χ3n) is 3.44. The van der Waals surface area contributed by atoms with Gasteiger partial charge in [0.05, 0.1) is 10.7 Å². The van der Waals surface area contributed by atoms with Crippen LogP contribution in [0.25, 0.3) is 0 Å². The van der Waals surface area contributed by atoms with Crippen molar-refractivity contribution in [3.63, 3.8) is 0 Å². The van der Waals surface area contributed by atoms with Crippen molar-refractivity contribution in [2.75, 3.05) is 0 Å². The summed E-state index contributed by atoms with van der Waals surface area (Å²) in [5, 5.41) is 10.3. The van der Waals surface area contributed by atoms with Crippen molar-refractivity contribution in [3.8, 4) is 0 Å². The molecule has 0 amide bonds. The van der Waals surface area contributed by atoms with Crippen LogP contribution in [0.3, 0.4) is 0 Å². The Kier molecular flexibility index (Phi) is 2.81. The summed E-state index contributed by atoms with van der Waals surface area (Å²) in [6.07, 6.45) is 2.91. The lowest BCUT2D eigenvalue weighted by Crippen LogP contribution is -2.12. The maximum Gasteiger partial charge on any atom is 0.146 e. The summed E-state index contributed by atoms with van der Waals surface area (Å²) < 4.78 is 6.19. The third-order valence-corrected chi connectivity index (χ3v) is 4.10. The van der Waals surface area contributed by atoms with Crippen molar-refractivity contribution in [1.82, 2.24) is 0 Å². The zero-order valence-corrected chi connectivity index (χ0v) is 10.9. The van der Waals surface area contributed by atoms with Crippen molar-refractivity contribution >= 4 is 15.9 Å². The first-order valence-electron chi connectivity index (χ1n) is 5.73. The Labute approximate surface area is 108 Å². The number of hydrogen-bond acceptors (Lipinski definition) is 2. The zero-order chi connectivity index (χ0) is 11.8. The molecule has 0 fully saturated rings. The number of aliphatic hydroxyl groups excluding tert-OH is 1. The molecule has 1 atom stereocenters. The highest BCUT2D eigenvalue weighted by atomic mass is 79.9. The van der Waals surface area contributed by atoms with Gasteiger partial charge in [-0.15, -0.1) is 0 Å². The molecule has 0 bridgehead atoms. The molecule has 0 radical (unpaired) electrons. The molecule has 3 rings (SSSR count). The largest absolute Gasteiger partial charge is 0.465 e. The Morgan fingerprint density at radius 2 is 1.82 bits per heavy atom. The highest BCUT2D eigenvalue weighted by Crippen LogP contribution is 2.37. The predicted molar refractivity (Wildman–Crippen MR) is 68.7 cm³/mol. The second kappa shape index (κ2) is 4.31. The van der Waals surface area contributed by atoms with Gasteiger partial charge in [-0.3, -0.25) is 0 Å². The molecule has 0 saturated heterocycles. The van der Waals surface area contributed by atoms with Gasteiger partial charge in [-0.25, -0.2) is 0 Å². The first-order chi connectivity index (χ1) is 8.25. The van der Waals surface area contributed by atoms with Crippen LogP contribution in [0, 0.1) is 5.92 Å². The highest BCUT2D eigenvalue weighted by molar-refractivity contribution is 9.10. The van der Waals surface area contributed by atoms with Crippen LogP contribution >= 0.6 is 15.9 Å². The first kappa shape index (κ1) is 11.1. The number of fused-ring (bicyclic) bond motifs is 1. The summed E-state index contributed by atoms with van der Waals surface area (Å²) in [5.41, 5.74) is 2.69. The van der Waals surface area contributed by atoms with Gasteiger partial charge in [0, 0.05) is 5.92 Å². The number of halogens is 1. The Hall–Kier alpha value is -1.06. The fraction of sp³-hybridized carbons (Fsp3) is 0.286. The lowest BCUT2D eigenvalue weighted by atomic mass is 9.97. The van der Waals surface area contributed by atoms with E-state index < -0.39 is 6.10 Å². The topological polar surface area (TPSA) is 33.4 Å². The molecule has 17 heavy (non-hydrogen) atoms. The number of benzene rings is 1. The minimum Gasteiger partial charge on any atom is -0.465 e. The van der Waals surface area contributed by atoms with Crippen LogP contribution in [0.5, 0.6) is 0 Å². The molecule has 2 nitrogen and oxygen atoms in total. The van der Waals surface area contributed by atoms with Crippen LogP contribution in [0.4, 0.5) is 0 Å². The average molecular weight is 293 g/mol. The smallest absolute Gasteiger partial charge is 0.146 e. The molecule has 0 spiro atoms. The van der Waals surface area contributed by atoms with Crippen LogP contribution in [0.2, 0.25) is 0 Å². The van der Waals surface area contributed by atoms with E-state index in [1.165, 1.54) is 11.1 Å². The monoisotopic (exact) mass is 292 g/mol. The van der Waals surface area contributed by atoms with Crippen LogP contribution in [0.1, 0.15) is 23.0 Å². The maximum absolute atomic E-state index is 10.3. The van der Waals surface area contributed by atoms with E-state index in [1.54, 1.807) is 6.26 Å². The van der Waals surface area contributed by atoms with Gasteiger partial charge in [-0.05, 0) is 46.0 Å². The van der Waals surface area contributed by atoms with Crippen molar-refractivity contribution in [3.05, 3.63) is 58.0 Å². The Morgan fingerprint density at radius 3 is 2.35 bits per heavy atom. The molecular formula is C14H13BrO2. The van der Waals surface area contributed by atoms with Crippen LogP contribution in [-0.4, -0.2) is 5.11 Å². The third kappa shape index (κ3) is 1.94. The molecule has 2 aromatic rings. The lowest BCUT2D eigenvalue weighted by Gasteiger charge is -2.15. The molecule has 88 valence electrons. The van der Waals surface area contributed by atoms with E-state index in [9.17, 15) is 5.11 Å². The molecule has 1 N–H and O–H groups in total. The van der Waals surface area contributed by atoms with Gasteiger partial charge in [-0.2, -0.15) is 0 Å². The van der Waals surface area contributed by atoms with Gasteiger partial charge >= 0.3 is 0 Å². The molecule has 0 saturated carbocycles. The molecular weight excluding hydrogens is 280 g/mol. The Balaban J connectivity index is 1.83. The molecule has 1 unspecified atom stereocenters. The number of furan rings is 1. The summed E-state index contributed by atoms with van der Waals surface area (Å²) in [7, 11) is 0. The van der Waals surface area contributed by atoms with E-state index >= 15 is 0 Å². The SMILES string of the molecule is OC(c1occc1Br)C1Cc2ccccc2C1. The van der Waals surface area contributed by atoms with E-state index in [4.69, 9.17) is 4.42 Å². The Bertz CT molecular complexity index is 508. The zero-order valence-electron chi connectivity index (χ0n) is 9.27. The number of aliphatic hydroxyl groups is 1.